The number of aliphatic hydroxyl groups is 1. The molecule has 0 heterocycles. The first-order chi connectivity index (χ1) is 28.4. The van der Waals surface area contributed by atoms with E-state index in [1.807, 2.05) is 84.7 Å². The number of ketones is 1. The summed E-state index contributed by atoms with van der Waals surface area (Å²) in [6.07, 6.45) is -3.57. The van der Waals surface area contributed by atoms with Gasteiger partial charge in [-0.25, -0.2) is 4.79 Å². The molecule has 0 radical (unpaired) electrons. The predicted molar refractivity (Wildman–Crippen MR) is 225 cm³/mol. The van der Waals surface area contributed by atoms with Gasteiger partial charge in [0, 0.05) is 37.3 Å². The van der Waals surface area contributed by atoms with Crippen LogP contribution in [0.5, 0.6) is 23.0 Å². The second kappa shape index (κ2) is 20.8. The zero-order valence-electron chi connectivity index (χ0n) is 35.0. The minimum absolute atomic E-state index is 0.141. The average molecular weight is 806 g/mol. The molecule has 11 heteroatoms. The van der Waals surface area contributed by atoms with E-state index in [9.17, 15) is 14.7 Å². The molecule has 59 heavy (non-hydrogen) atoms. The molecule has 0 bridgehead atoms. The van der Waals surface area contributed by atoms with E-state index in [0.717, 1.165) is 11.1 Å². The van der Waals surface area contributed by atoms with Crippen LogP contribution in [0.1, 0.15) is 77.2 Å². The molecule has 5 rings (SSSR count). The highest BCUT2D eigenvalue weighted by molar-refractivity contribution is 6.02. The molecule has 0 aliphatic heterocycles. The number of hydrogen-bond acceptors (Lipinski definition) is 11. The number of hydrogen-bond donors (Lipinski definition) is 1. The monoisotopic (exact) mass is 805 g/mol. The summed E-state index contributed by atoms with van der Waals surface area (Å²) in [6, 6.07) is 36.1. The molecule has 5 aromatic rings. The lowest BCUT2D eigenvalue weighted by Gasteiger charge is -2.37. The van der Waals surface area contributed by atoms with Gasteiger partial charge in [-0.1, -0.05) is 118 Å². The third-order valence-electron chi connectivity index (χ3n) is 9.89. The third-order valence-corrected chi connectivity index (χ3v) is 9.89. The molecule has 3 atom stereocenters. The Morgan fingerprint density at radius 3 is 1.64 bits per heavy atom. The van der Waals surface area contributed by atoms with Crippen molar-refractivity contribution in [3.63, 3.8) is 0 Å². The van der Waals surface area contributed by atoms with Crippen LogP contribution in [0, 0.1) is 5.41 Å². The number of rotatable bonds is 20. The van der Waals surface area contributed by atoms with E-state index in [0.29, 0.717) is 34.1 Å². The molecule has 0 saturated heterocycles. The number of ether oxygens (including phenoxy) is 7. The normalized spacial score (nSPS) is 13.1. The minimum Gasteiger partial charge on any atom is -0.493 e. The first-order valence-electron chi connectivity index (χ1n) is 19.4. The van der Waals surface area contributed by atoms with Crippen LogP contribution in [-0.2, 0) is 32.2 Å². The molecular weight excluding hydrogens is 751 g/mol. The smallest absolute Gasteiger partial charge is 0.340 e. The van der Waals surface area contributed by atoms with Gasteiger partial charge in [0.25, 0.3) is 0 Å². The fourth-order valence-corrected chi connectivity index (χ4v) is 6.68. The average Bonchev–Trinajstić information content (AvgIpc) is 3.26. The molecule has 1 N–H and O–H groups in total. The maximum Gasteiger partial charge on any atom is 0.340 e. The SMILES string of the molecule is COc1ccc(C(OC(=O)C(O)c2ccccc2C(=O)C(C)(C)C)C(c2ccc(OC)c(OCc3ccccc3)c2)N(C)CC(OC)OC)cc1OCc1ccccc1. The van der Waals surface area contributed by atoms with Gasteiger partial charge in [-0.05, 0) is 53.6 Å². The molecule has 0 aromatic heterocycles. The van der Waals surface area contributed by atoms with Crippen molar-refractivity contribution in [2.75, 3.05) is 42.0 Å². The molecule has 11 nitrogen and oxygen atoms in total. The van der Waals surface area contributed by atoms with Crippen LogP contribution in [0.25, 0.3) is 0 Å². The van der Waals surface area contributed by atoms with E-state index < -0.39 is 35.9 Å². The quantitative estimate of drug-likeness (QED) is 0.0462. The topological polar surface area (TPSA) is 122 Å². The Hall–Kier alpha value is -5.72. The van der Waals surface area contributed by atoms with Crippen molar-refractivity contribution < 1.29 is 47.9 Å². The summed E-state index contributed by atoms with van der Waals surface area (Å²) in [5.41, 5.74) is 2.71. The molecule has 0 spiro atoms. The molecule has 312 valence electrons. The van der Waals surface area contributed by atoms with E-state index in [1.54, 1.807) is 97.7 Å². The lowest BCUT2D eigenvalue weighted by atomic mass is 9.84. The molecule has 5 aromatic carbocycles. The fraction of sp³-hybridized carbons (Fsp3) is 0.333. The molecule has 3 unspecified atom stereocenters. The van der Waals surface area contributed by atoms with Crippen molar-refractivity contribution in [2.24, 2.45) is 5.41 Å². The Balaban J connectivity index is 1.65. The predicted octanol–water partition coefficient (Wildman–Crippen LogP) is 8.70. The minimum atomic E-state index is -1.80. The van der Waals surface area contributed by atoms with Gasteiger partial charge in [-0.3, -0.25) is 9.69 Å². The van der Waals surface area contributed by atoms with Crippen LogP contribution in [0.4, 0.5) is 0 Å². The Morgan fingerprint density at radius 1 is 0.644 bits per heavy atom. The van der Waals surface area contributed by atoms with Gasteiger partial charge < -0.3 is 38.3 Å². The first kappa shape index (κ1) is 44.4. The van der Waals surface area contributed by atoms with Crippen LogP contribution in [0.2, 0.25) is 0 Å². The van der Waals surface area contributed by atoms with E-state index in [2.05, 4.69) is 0 Å². The highest BCUT2D eigenvalue weighted by atomic mass is 16.7. The van der Waals surface area contributed by atoms with Crippen LogP contribution >= 0.6 is 0 Å². The Morgan fingerprint density at radius 2 is 1.14 bits per heavy atom. The summed E-state index contributed by atoms with van der Waals surface area (Å²) >= 11 is 0. The number of carbonyl (C=O) groups excluding carboxylic acids is 2. The van der Waals surface area contributed by atoms with E-state index >= 15 is 0 Å². The number of benzene rings is 5. The van der Waals surface area contributed by atoms with E-state index in [4.69, 9.17) is 33.2 Å². The van der Waals surface area contributed by atoms with Crippen LogP contribution in [0.15, 0.2) is 121 Å². The molecule has 0 fully saturated rings. The molecule has 0 aliphatic rings. The Labute approximate surface area is 347 Å². The molecular formula is C48H55NO10. The summed E-state index contributed by atoms with van der Waals surface area (Å²) in [4.78, 5) is 29.9. The lowest BCUT2D eigenvalue weighted by Crippen LogP contribution is -2.38. The fourth-order valence-electron chi connectivity index (χ4n) is 6.68. The number of aliphatic hydroxyl groups excluding tert-OH is 1. The summed E-state index contributed by atoms with van der Waals surface area (Å²) in [7, 11) is 8.07. The van der Waals surface area contributed by atoms with Crippen LogP contribution < -0.4 is 18.9 Å². The zero-order chi connectivity index (χ0) is 42.5. The van der Waals surface area contributed by atoms with E-state index in [1.165, 1.54) is 0 Å². The number of carbonyl (C=O) groups is 2. The van der Waals surface area contributed by atoms with Crippen molar-refractivity contribution in [3.8, 4) is 23.0 Å². The highest BCUT2D eigenvalue weighted by Gasteiger charge is 2.37. The van der Waals surface area contributed by atoms with Gasteiger partial charge in [-0.2, -0.15) is 0 Å². The van der Waals surface area contributed by atoms with Gasteiger partial charge in [0.15, 0.2) is 41.2 Å². The van der Waals surface area contributed by atoms with Gasteiger partial charge >= 0.3 is 5.97 Å². The summed E-state index contributed by atoms with van der Waals surface area (Å²) in [5, 5.41) is 11.8. The van der Waals surface area contributed by atoms with E-state index in [-0.39, 0.29) is 36.7 Å². The van der Waals surface area contributed by atoms with Gasteiger partial charge in [0.05, 0.1) is 20.3 Å². The summed E-state index contributed by atoms with van der Waals surface area (Å²) < 4.78 is 41.8. The van der Waals surface area contributed by atoms with Crippen LogP contribution in [-0.4, -0.2) is 70.1 Å². The second-order valence-corrected chi connectivity index (χ2v) is 15.1. The summed E-state index contributed by atoms with van der Waals surface area (Å²) in [5.74, 6) is 0.650. The first-order valence-corrected chi connectivity index (χ1v) is 19.4. The third kappa shape index (κ3) is 11.5. The lowest BCUT2D eigenvalue weighted by molar-refractivity contribution is -0.166. The zero-order valence-corrected chi connectivity index (χ0v) is 35.0. The molecule has 0 aliphatic carbocycles. The number of methoxy groups -OCH3 is 4. The van der Waals surface area contributed by atoms with Gasteiger partial charge in [0.1, 0.15) is 19.3 Å². The maximum atomic E-state index is 14.4. The van der Waals surface area contributed by atoms with Crippen molar-refractivity contribution in [1.82, 2.24) is 4.90 Å². The molecule has 0 saturated carbocycles. The second-order valence-electron chi connectivity index (χ2n) is 15.1. The Kier molecular flexibility index (Phi) is 15.7. The number of likely N-dealkylation sites (N-methyl/N-ethyl adjacent to an activating group) is 1. The van der Waals surface area contributed by atoms with Crippen molar-refractivity contribution in [3.05, 3.63) is 155 Å². The number of nitrogens with zero attached hydrogens (tertiary/aromatic N) is 1. The largest absolute Gasteiger partial charge is 0.493 e. The summed E-state index contributed by atoms with van der Waals surface area (Å²) in [6.45, 7) is 6.11. The van der Waals surface area contributed by atoms with Gasteiger partial charge in [-0.15, -0.1) is 0 Å². The van der Waals surface area contributed by atoms with Crippen molar-refractivity contribution in [2.45, 2.75) is 58.5 Å². The maximum absolute atomic E-state index is 14.4. The molecule has 0 amide bonds. The van der Waals surface area contributed by atoms with Crippen molar-refractivity contribution >= 4 is 11.8 Å². The van der Waals surface area contributed by atoms with Crippen molar-refractivity contribution in [1.29, 1.82) is 0 Å². The number of esters is 1. The Bertz CT molecular complexity index is 2110. The number of Topliss-reactive ketones (excluding diaryl/α,β-unsaturated/α-hetero) is 1. The standard InChI is InChI=1S/C48H55NO10/c1-48(2,3)46(51)37-22-16-15-21-36(37)44(50)47(52)59-45(35-24-26-39(54-6)41(28-35)58-31-33-19-13-10-14-20-33)43(49(4)29-42(55-7)56-8)34-23-25-38(53-5)40(27-34)57-30-32-17-11-9-12-18-32/h9-28,42-45,50H,29-31H2,1-8H3. The van der Waals surface area contributed by atoms with Gasteiger partial charge in [0.2, 0.25) is 0 Å². The highest BCUT2D eigenvalue weighted by Crippen LogP contribution is 2.43. The van der Waals surface area contributed by atoms with Crippen LogP contribution in [0.3, 0.4) is 0 Å².